The molecule has 0 aromatic carbocycles. The molecule has 2 aromatic heterocycles. The molecule has 0 bridgehead atoms. The molecule has 2 heterocycles. The Morgan fingerprint density at radius 1 is 1.50 bits per heavy atom. The second-order valence-electron chi connectivity index (χ2n) is 4.97. The van der Waals surface area contributed by atoms with Gasteiger partial charge in [-0.3, -0.25) is 0 Å². The van der Waals surface area contributed by atoms with Crippen LogP contribution >= 0.6 is 0 Å². The molecule has 0 radical (unpaired) electrons. The van der Waals surface area contributed by atoms with Gasteiger partial charge in [0.15, 0.2) is 0 Å². The summed E-state index contributed by atoms with van der Waals surface area (Å²) >= 11 is 0. The topological polar surface area (TPSA) is 56.7 Å². The predicted molar refractivity (Wildman–Crippen MR) is 70.2 cm³/mol. The van der Waals surface area contributed by atoms with E-state index in [1.807, 2.05) is 6.07 Å². The van der Waals surface area contributed by atoms with Crippen molar-refractivity contribution >= 4 is 0 Å². The van der Waals surface area contributed by atoms with E-state index >= 15 is 0 Å². The predicted octanol–water partition coefficient (Wildman–Crippen LogP) is 1.97. The first-order valence-electron chi connectivity index (χ1n) is 6.45. The number of hydrogen-bond acceptors (Lipinski definition) is 3. The van der Waals surface area contributed by atoms with Crippen molar-refractivity contribution in [3.05, 3.63) is 47.3 Å². The summed E-state index contributed by atoms with van der Waals surface area (Å²) in [6.07, 6.45) is 6.80. The van der Waals surface area contributed by atoms with Crippen molar-refractivity contribution in [2.24, 2.45) is 5.73 Å². The van der Waals surface area contributed by atoms with Crippen LogP contribution in [0.5, 0.6) is 0 Å². The van der Waals surface area contributed by atoms with Crippen LogP contribution in [0.2, 0.25) is 0 Å². The third-order valence-corrected chi connectivity index (χ3v) is 3.74. The number of nitrogens with two attached hydrogens (primary N) is 1. The van der Waals surface area contributed by atoms with Gasteiger partial charge < -0.3 is 10.3 Å². The standard InChI is InChI=1S/C14H18N4/c1-10-7-12-13(15)3-2-4-14(12)18(10)8-11-5-6-16-9-17-11/h5-7,9,13H,2-4,8,15H2,1H3. The van der Waals surface area contributed by atoms with Crippen molar-refractivity contribution < 1.29 is 0 Å². The molecule has 4 heteroatoms. The zero-order valence-corrected chi connectivity index (χ0v) is 10.6. The molecule has 1 aliphatic carbocycles. The lowest BCUT2D eigenvalue weighted by molar-refractivity contribution is 0.545. The number of hydrogen-bond donors (Lipinski definition) is 1. The summed E-state index contributed by atoms with van der Waals surface area (Å²) in [5, 5.41) is 0. The van der Waals surface area contributed by atoms with Crippen LogP contribution in [0, 0.1) is 6.92 Å². The highest BCUT2D eigenvalue weighted by molar-refractivity contribution is 5.33. The van der Waals surface area contributed by atoms with Gasteiger partial charge in [-0.1, -0.05) is 0 Å². The van der Waals surface area contributed by atoms with E-state index < -0.39 is 0 Å². The molecule has 0 saturated heterocycles. The van der Waals surface area contributed by atoms with Gasteiger partial charge in [-0.25, -0.2) is 9.97 Å². The summed E-state index contributed by atoms with van der Waals surface area (Å²) in [4.78, 5) is 8.26. The fraction of sp³-hybridized carbons (Fsp3) is 0.429. The van der Waals surface area contributed by atoms with Crippen LogP contribution in [-0.4, -0.2) is 14.5 Å². The molecule has 0 amide bonds. The highest BCUT2D eigenvalue weighted by atomic mass is 15.0. The number of aromatic nitrogens is 3. The average molecular weight is 242 g/mol. The highest BCUT2D eigenvalue weighted by Gasteiger charge is 2.22. The monoisotopic (exact) mass is 242 g/mol. The van der Waals surface area contributed by atoms with Gasteiger partial charge >= 0.3 is 0 Å². The maximum atomic E-state index is 6.18. The van der Waals surface area contributed by atoms with E-state index in [2.05, 4.69) is 27.5 Å². The van der Waals surface area contributed by atoms with Gasteiger partial charge in [0.25, 0.3) is 0 Å². The van der Waals surface area contributed by atoms with E-state index in [0.717, 1.165) is 25.1 Å². The first-order valence-corrected chi connectivity index (χ1v) is 6.45. The van der Waals surface area contributed by atoms with E-state index in [9.17, 15) is 0 Å². The van der Waals surface area contributed by atoms with Crippen LogP contribution in [0.25, 0.3) is 0 Å². The summed E-state index contributed by atoms with van der Waals surface area (Å²) in [5.74, 6) is 0. The number of fused-ring (bicyclic) bond motifs is 1. The van der Waals surface area contributed by atoms with Crippen molar-refractivity contribution in [3.63, 3.8) is 0 Å². The molecule has 0 aliphatic heterocycles. The number of nitrogens with zero attached hydrogens (tertiary/aromatic N) is 3. The van der Waals surface area contributed by atoms with Gasteiger partial charge in [0.1, 0.15) is 6.33 Å². The second kappa shape index (κ2) is 4.53. The Morgan fingerprint density at radius 3 is 3.17 bits per heavy atom. The van der Waals surface area contributed by atoms with Crippen molar-refractivity contribution in [1.29, 1.82) is 0 Å². The van der Waals surface area contributed by atoms with E-state index in [1.165, 1.54) is 23.4 Å². The molecule has 2 N–H and O–H groups in total. The molecule has 0 spiro atoms. The molecule has 94 valence electrons. The Morgan fingerprint density at radius 2 is 2.39 bits per heavy atom. The summed E-state index contributed by atoms with van der Waals surface area (Å²) < 4.78 is 2.34. The third kappa shape index (κ3) is 1.93. The first kappa shape index (κ1) is 11.4. The van der Waals surface area contributed by atoms with Crippen LogP contribution in [-0.2, 0) is 13.0 Å². The quantitative estimate of drug-likeness (QED) is 0.876. The van der Waals surface area contributed by atoms with Gasteiger partial charge in [0.05, 0.1) is 12.2 Å². The number of aryl methyl sites for hydroxylation is 1. The summed E-state index contributed by atoms with van der Waals surface area (Å²) in [5.41, 5.74) is 11.2. The maximum Gasteiger partial charge on any atom is 0.115 e. The Labute approximate surface area is 107 Å². The second-order valence-corrected chi connectivity index (χ2v) is 4.97. The largest absolute Gasteiger partial charge is 0.343 e. The SMILES string of the molecule is Cc1cc2c(n1Cc1ccncn1)CCCC2N. The third-order valence-electron chi connectivity index (χ3n) is 3.74. The molecule has 3 rings (SSSR count). The average Bonchev–Trinajstić information content (AvgIpc) is 2.70. The van der Waals surface area contributed by atoms with Crippen molar-refractivity contribution in [3.8, 4) is 0 Å². The molecular weight excluding hydrogens is 224 g/mol. The molecular formula is C14H18N4. The lowest BCUT2D eigenvalue weighted by Gasteiger charge is -2.21. The molecule has 0 saturated carbocycles. The van der Waals surface area contributed by atoms with Crippen molar-refractivity contribution in [2.45, 2.75) is 38.8 Å². The van der Waals surface area contributed by atoms with Gasteiger partial charge in [-0.2, -0.15) is 0 Å². The normalized spacial score (nSPS) is 18.7. The van der Waals surface area contributed by atoms with Gasteiger partial charge in [0.2, 0.25) is 0 Å². The minimum Gasteiger partial charge on any atom is -0.343 e. The Kier molecular flexibility index (Phi) is 2.88. The van der Waals surface area contributed by atoms with Gasteiger partial charge in [-0.05, 0) is 43.9 Å². The molecule has 1 atom stereocenters. The van der Waals surface area contributed by atoms with Gasteiger partial charge in [-0.15, -0.1) is 0 Å². The van der Waals surface area contributed by atoms with E-state index in [0.29, 0.717) is 0 Å². The molecule has 18 heavy (non-hydrogen) atoms. The minimum absolute atomic E-state index is 0.207. The zero-order valence-electron chi connectivity index (χ0n) is 10.6. The first-order chi connectivity index (χ1) is 8.75. The fourth-order valence-electron chi connectivity index (χ4n) is 2.79. The minimum atomic E-state index is 0.207. The highest BCUT2D eigenvalue weighted by Crippen LogP contribution is 2.30. The molecule has 0 fully saturated rings. The summed E-state index contributed by atoms with van der Waals surface area (Å²) in [6, 6.07) is 4.41. The van der Waals surface area contributed by atoms with E-state index in [1.54, 1.807) is 12.5 Å². The lowest BCUT2D eigenvalue weighted by atomic mass is 9.93. The van der Waals surface area contributed by atoms with Crippen molar-refractivity contribution in [2.75, 3.05) is 0 Å². The zero-order chi connectivity index (χ0) is 12.5. The van der Waals surface area contributed by atoms with Crippen molar-refractivity contribution in [1.82, 2.24) is 14.5 Å². The molecule has 4 nitrogen and oxygen atoms in total. The summed E-state index contributed by atoms with van der Waals surface area (Å²) in [7, 11) is 0. The van der Waals surface area contributed by atoms with E-state index in [4.69, 9.17) is 5.73 Å². The molecule has 2 aromatic rings. The number of rotatable bonds is 2. The smallest absolute Gasteiger partial charge is 0.115 e. The Balaban J connectivity index is 1.97. The maximum absolute atomic E-state index is 6.18. The van der Waals surface area contributed by atoms with Crippen LogP contribution in [0.1, 0.15) is 41.5 Å². The summed E-state index contributed by atoms with van der Waals surface area (Å²) in [6.45, 7) is 2.96. The van der Waals surface area contributed by atoms with Crippen LogP contribution < -0.4 is 5.73 Å². The molecule has 1 aliphatic rings. The Hall–Kier alpha value is -1.68. The lowest BCUT2D eigenvalue weighted by Crippen LogP contribution is -2.18. The fourth-order valence-corrected chi connectivity index (χ4v) is 2.79. The van der Waals surface area contributed by atoms with Crippen LogP contribution in [0.4, 0.5) is 0 Å². The van der Waals surface area contributed by atoms with Gasteiger partial charge in [0, 0.05) is 23.6 Å². The van der Waals surface area contributed by atoms with Crippen LogP contribution in [0.15, 0.2) is 24.7 Å². The molecule has 1 unspecified atom stereocenters. The Bertz CT molecular complexity index is 544. The van der Waals surface area contributed by atoms with Crippen LogP contribution in [0.3, 0.4) is 0 Å². The van der Waals surface area contributed by atoms with E-state index in [-0.39, 0.29) is 6.04 Å².